The summed E-state index contributed by atoms with van der Waals surface area (Å²) in [6.45, 7) is 24.6. The molecule has 5 aromatic rings. The highest BCUT2D eigenvalue weighted by atomic mass is 16.5. The Morgan fingerprint density at radius 1 is 0.658 bits per heavy atom. The summed E-state index contributed by atoms with van der Waals surface area (Å²) in [6, 6.07) is 34.8. The quantitative estimate of drug-likeness (QED) is 0.0431. The van der Waals surface area contributed by atoms with Crippen molar-refractivity contribution in [2.24, 2.45) is 17.1 Å². The third-order valence-electron chi connectivity index (χ3n) is 11.1. The second-order valence-corrected chi connectivity index (χ2v) is 18.2. The van der Waals surface area contributed by atoms with Crippen molar-refractivity contribution in [1.82, 2.24) is 0 Å². The van der Waals surface area contributed by atoms with E-state index in [4.69, 9.17) is 25.4 Å². The van der Waals surface area contributed by atoms with Gasteiger partial charge in [0.1, 0.15) is 11.5 Å². The van der Waals surface area contributed by atoms with Crippen LogP contribution in [0.1, 0.15) is 160 Å². The number of carboxylic acids is 2. The average molecular weight is 1010 g/mol. The number of methoxy groups -OCH3 is 1. The van der Waals surface area contributed by atoms with Gasteiger partial charge in [-0.15, -0.1) is 0 Å². The first-order chi connectivity index (χ1) is 34.7. The van der Waals surface area contributed by atoms with E-state index in [0.717, 1.165) is 29.7 Å². The summed E-state index contributed by atoms with van der Waals surface area (Å²) < 4.78 is 16.1. The van der Waals surface area contributed by atoms with Crippen LogP contribution in [0.3, 0.4) is 0 Å². The van der Waals surface area contributed by atoms with E-state index in [9.17, 15) is 24.0 Å². The number of unbranched alkanes of at least 4 members (excludes halogenated alkanes) is 2. The summed E-state index contributed by atoms with van der Waals surface area (Å²) in [6.07, 6.45) is 8.71. The average Bonchev–Trinajstić information content (AvgIpc) is 3.37. The van der Waals surface area contributed by atoms with Gasteiger partial charge in [0.25, 0.3) is 5.91 Å². The lowest BCUT2D eigenvalue weighted by Crippen LogP contribution is -2.33. The number of benzene rings is 5. The van der Waals surface area contributed by atoms with Gasteiger partial charge in [0.05, 0.1) is 24.7 Å². The maximum absolute atomic E-state index is 12.5. The van der Waals surface area contributed by atoms with Crippen molar-refractivity contribution in [3.05, 3.63) is 137 Å². The standard InChI is InChI=1S/C20H23NO4.C13H18O3.C10H19NO3.C10H8.C5H12.C3H8/c1-4-14-11-13(3)9-10-18(14)25-17(5-2)19(22)21-16-8-6-7-15(12-16)20(23)24;1-3-11-9-10(2)6-7-12(11)16-8-4-5-13(14)15;1-5-7(8(11)12)6-10(2,3)9(13)14-4;1-2-6-10-8-4-3-7-9(10)5-1;1-3-5-4-2;1-3-2/h6-12,17H,4-5H2,1-3H3,(H,21,22)(H,23,24);6-7,9H,3-5,8H2,1-2H3,(H,14,15);7H,5-6H2,1-4H3,(H2,11,12);1-8H;3-5H2,1-2H3;3H2,1-2H3. The molecule has 2 atom stereocenters. The van der Waals surface area contributed by atoms with Crippen LogP contribution in [0.5, 0.6) is 11.5 Å². The number of amides is 2. The highest BCUT2D eigenvalue weighted by Crippen LogP contribution is 2.28. The predicted octanol–water partition coefficient (Wildman–Crippen LogP) is 14.4. The van der Waals surface area contributed by atoms with E-state index in [2.05, 4.69) is 105 Å². The van der Waals surface area contributed by atoms with Crippen molar-refractivity contribution >= 4 is 46.2 Å². The molecule has 12 heteroatoms. The van der Waals surface area contributed by atoms with Gasteiger partial charge in [-0.2, -0.15) is 0 Å². The zero-order valence-electron chi connectivity index (χ0n) is 46.3. The molecule has 0 saturated heterocycles. The van der Waals surface area contributed by atoms with Gasteiger partial charge in [-0.25, -0.2) is 4.79 Å². The van der Waals surface area contributed by atoms with Crippen molar-refractivity contribution in [2.75, 3.05) is 19.0 Å². The van der Waals surface area contributed by atoms with Crippen molar-refractivity contribution in [3.8, 4) is 11.5 Å². The number of hydrogen-bond acceptors (Lipinski definition) is 8. The number of aryl methyl sites for hydroxylation is 4. The van der Waals surface area contributed by atoms with Crippen LogP contribution in [0.4, 0.5) is 5.69 Å². The minimum absolute atomic E-state index is 0.124. The molecule has 0 radical (unpaired) electrons. The number of aromatic carboxylic acids is 1. The van der Waals surface area contributed by atoms with E-state index < -0.39 is 23.5 Å². The zero-order valence-corrected chi connectivity index (χ0v) is 46.3. The van der Waals surface area contributed by atoms with E-state index in [1.54, 1.807) is 26.0 Å². The van der Waals surface area contributed by atoms with Crippen molar-refractivity contribution in [3.63, 3.8) is 0 Å². The fraction of sp³-hybridized carbons (Fsp3) is 0.459. The third-order valence-corrected chi connectivity index (χ3v) is 11.1. The summed E-state index contributed by atoms with van der Waals surface area (Å²) >= 11 is 0. The molecule has 0 fully saturated rings. The number of carbonyl (C=O) groups is 5. The highest BCUT2D eigenvalue weighted by molar-refractivity contribution is 5.96. The van der Waals surface area contributed by atoms with E-state index in [1.165, 1.54) is 66.8 Å². The number of ether oxygens (including phenoxy) is 3. The van der Waals surface area contributed by atoms with Crippen LogP contribution in [0.2, 0.25) is 0 Å². The number of primary amides is 1. The van der Waals surface area contributed by atoms with Gasteiger partial charge in [-0.3, -0.25) is 19.2 Å². The van der Waals surface area contributed by atoms with Crippen LogP contribution in [-0.4, -0.2) is 59.8 Å². The van der Waals surface area contributed by atoms with Gasteiger partial charge < -0.3 is 35.5 Å². The van der Waals surface area contributed by atoms with Crippen LogP contribution in [0, 0.1) is 25.2 Å². The first-order valence-corrected chi connectivity index (χ1v) is 25.9. The van der Waals surface area contributed by atoms with E-state index in [-0.39, 0.29) is 35.7 Å². The van der Waals surface area contributed by atoms with Gasteiger partial charge in [0.15, 0.2) is 6.10 Å². The molecule has 0 aliphatic rings. The van der Waals surface area contributed by atoms with Crippen LogP contribution >= 0.6 is 0 Å². The molecule has 12 nitrogen and oxygen atoms in total. The number of anilines is 1. The summed E-state index contributed by atoms with van der Waals surface area (Å²) in [5.41, 5.74) is 9.71. The highest BCUT2D eigenvalue weighted by Gasteiger charge is 2.33. The molecule has 0 aliphatic heterocycles. The Hall–Kier alpha value is -6.69. The van der Waals surface area contributed by atoms with Crippen LogP contribution in [0.15, 0.2) is 109 Å². The maximum Gasteiger partial charge on any atom is 0.335 e. The molecule has 0 bridgehead atoms. The lowest BCUT2D eigenvalue weighted by atomic mass is 9.81. The van der Waals surface area contributed by atoms with Gasteiger partial charge in [-0.05, 0) is 118 Å². The largest absolute Gasteiger partial charge is 0.493 e. The Kier molecular flexibility index (Phi) is 34.5. The smallest absolute Gasteiger partial charge is 0.335 e. The predicted molar refractivity (Wildman–Crippen MR) is 299 cm³/mol. The van der Waals surface area contributed by atoms with Gasteiger partial charge in [0.2, 0.25) is 5.91 Å². The molecular weight excluding hydrogens is 921 g/mol. The Morgan fingerprint density at radius 3 is 1.58 bits per heavy atom. The third kappa shape index (κ3) is 27.6. The minimum atomic E-state index is -1.04. The fourth-order valence-corrected chi connectivity index (χ4v) is 6.97. The number of nitrogens with two attached hydrogens (primary N) is 1. The van der Waals surface area contributed by atoms with Crippen molar-refractivity contribution in [1.29, 1.82) is 0 Å². The van der Waals surface area contributed by atoms with Gasteiger partial charge in [0, 0.05) is 18.0 Å². The monoisotopic (exact) mass is 1010 g/mol. The SMILES string of the molecule is CCC.CCC(CC(C)(C)C(=O)OC)C(N)=O.CCCCC.CCc1cc(C)ccc1OC(CC)C(=O)Nc1cccc(C(=O)O)c1.CCc1cc(C)ccc1OCCCC(=O)O.c1ccc2ccccc2c1. The molecule has 0 aliphatic carbocycles. The van der Waals surface area contributed by atoms with E-state index in [0.29, 0.717) is 43.7 Å². The van der Waals surface area contributed by atoms with Crippen molar-refractivity contribution < 1.29 is 48.4 Å². The first-order valence-electron chi connectivity index (χ1n) is 25.9. The number of aliphatic carboxylic acids is 1. The van der Waals surface area contributed by atoms with E-state index in [1.807, 2.05) is 58.9 Å². The molecule has 5 aromatic carbocycles. The first kappa shape index (κ1) is 66.3. The Bertz CT molecular complexity index is 2310. The fourth-order valence-electron chi connectivity index (χ4n) is 6.97. The summed E-state index contributed by atoms with van der Waals surface area (Å²) in [5.74, 6) is -1.46. The van der Waals surface area contributed by atoms with Crippen LogP contribution in [0.25, 0.3) is 10.8 Å². The number of carboxylic acid groups (broad SMARTS) is 2. The Labute approximate surface area is 437 Å². The van der Waals surface area contributed by atoms with Gasteiger partial charge in [-0.1, -0.05) is 171 Å². The summed E-state index contributed by atoms with van der Waals surface area (Å²) in [4.78, 5) is 56.2. The summed E-state index contributed by atoms with van der Waals surface area (Å²) in [7, 11) is 1.34. The minimum Gasteiger partial charge on any atom is -0.493 e. The molecule has 0 aromatic heterocycles. The topological polar surface area (TPSA) is 192 Å². The molecule has 5 rings (SSSR count). The number of carbonyl (C=O) groups excluding carboxylic acids is 3. The normalized spacial score (nSPS) is 11.0. The molecule has 0 heterocycles. The second kappa shape index (κ2) is 38.0. The molecule has 2 amide bonds. The number of esters is 1. The van der Waals surface area contributed by atoms with E-state index >= 15 is 0 Å². The molecular formula is C61H88N2O10. The molecule has 5 N–H and O–H groups in total. The lowest BCUT2D eigenvalue weighted by molar-refractivity contribution is -0.152. The number of fused-ring (bicyclic) bond motifs is 1. The Balaban J connectivity index is 0.000000939. The zero-order chi connectivity index (χ0) is 55.4. The maximum atomic E-state index is 12.5. The number of rotatable bonds is 20. The Morgan fingerprint density at radius 2 is 1.16 bits per heavy atom. The molecule has 402 valence electrons. The molecule has 2 unspecified atom stereocenters. The van der Waals surface area contributed by atoms with Crippen LogP contribution < -0.4 is 20.5 Å². The molecule has 73 heavy (non-hydrogen) atoms. The second-order valence-electron chi connectivity index (χ2n) is 18.2. The van der Waals surface area contributed by atoms with Gasteiger partial charge >= 0.3 is 17.9 Å². The number of nitrogens with one attached hydrogen (secondary N) is 1. The summed E-state index contributed by atoms with van der Waals surface area (Å²) in [5, 5.41) is 22.9. The van der Waals surface area contributed by atoms with Crippen LogP contribution in [-0.2, 0) is 36.8 Å². The number of hydrogen-bond donors (Lipinski definition) is 4. The molecule has 0 saturated carbocycles. The lowest BCUT2D eigenvalue weighted by Gasteiger charge is -2.24. The molecule has 0 spiro atoms. The van der Waals surface area contributed by atoms with Crippen molar-refractivity contribution in [2.45, 2.75) is 160 Å².